The summed E-state index contributed by atoms with van der Waals surface area (Å²) < 4.78 is 9.84. The number of aromatic nitrogens is 2. The number of hydrogen-bond acceptors (Lipinski definition) is 6. The molecule has 0 bridgehead atoms. The van der Waals surface area contributed by atoms with E-state index < -0.39 is 17.2 Å². The van der Waals surface area contributed by atoms with Crippen LogP contribution in [-0.2, 0) is 11.3 Å². The van der Waals surface area contributed by atoms with Crippen molar-refractivity contribution in [3.05, 3.63) is 45.0 Å². The Morgan fingerprint density at radius 1 is 1.45 bits per heavy atom. The zero-order valence-corrected chi connectivity index (χ0v) is 13.2. The number of hydrogen-bond donors (Lipinski definition) is 2. The topological polar surface area (TPSA) is 97.2 Å². The molecule has 2 N–H and O–H groups in total. The van der Waals surface area contributed by atoms with Gasteiger partial charge in [-0.3, -0.25) is 0 Å². The number of rotatable bonds is 4. The summed E-state index contributed by atoms with van der Waals surface area (Å²) in [5.74, 6) is -0.589. The summed E-state index contributed by atoms with van der Waals surface area (Å²) in [5.41, 5.74) is -0.873. The fourth-order valence-corrected chi connectivity index (χ4v) is 1.75. The molecule has 0 spiro atoms. The van der Waals surface area contributed by atoms with Gasteiger partial charge in [0, 0.05) is 12.7 Å². The van der Waals surface area contributed by atoms with Crippen molar-refractivity contribution in [2.24, 2.45) is 0 Å². The van der Waals surface area contributed by atoms with Crippen LogP contribution in [0.4, 0.5) is 5.82 Å². The Morgan fingerprint density at radius 3 is 2.77 bits per heavy atom. The van der Waals surface area contributed by atoms with Gasteiger partial charge in [-0.05, 0) is 32.4 Å². The molecule has 0 aliphatic carbocycles. The number of pyridine rings is 1. The Kier molecular flexibility index (Phi) is 4.56. The lowest BCUT2D eigenvalue weighted by Crippen LogP contribution is -2.26. The summed E-state index contributed by atoms with van der Waals surface area (Å²) >= 11 is 5.71. The van der Waals surface area contributed by atoms with Crippen LogP contribution in [-0.4, -0.2) is 21.7 Å². The zero-order chi connectivity index (χ0) is 16.3. The van der Waals surface area contributed by atoms with Gasteiger partial charge in [-0.25, -0.2) is 19.7 Å². The highest BCUT2D eigenvalue weighted by Gasteiger charge is 2.26. The Morgan fingerprint density at radius 2 is 2.18 bits per heavy atom. The van der Waals surface area contributed by atoms with Gasteiger partial charge in [-0.2, -0.15) is 0 Å². The average molecular weight is 326 g/mol. The van der Waals surface area contributed by atoms with Crippen molar-refractivity contribution < 1.29 is 14.1 Å². The molecule has 2 heterocycles. The van der Waals surface area contributed by atoms with E-state index in [1.54, 1.807) is 39.1 Å². The van der Waals surface area contributed by atoms with Gasteiger partial charge in [0.05, 0.1) is 0 Å². The van der Waals surface area contributed by atoms with Crippen LogP contribution in [0.1, 0.15) is 36.7 Å². The second-order valence-electron chi connectivity index (χ2n) is 5.59. The predicted octanol–water partition coefficient (Wildman–Crippen LogP) is 2.58. The first-order valence-corrected chi connectivity index (χ1v) is 6.93. The lowest BCUT2D eigenvalue weighted by Gasteiger charge is -2.18. The van der Waals surface area contributed by atoms with E-state index in [2.05, 4.69) is 20.0 Å². The summed E-state index contributed by atoms with van der Waals surface area (Å²) in [6.45, 7) is 5.47. The molecular formula is C14H16ClN3O4. The average Bonchev–Trinajstić information content (AvgIpc) is 2.77. The number of carbonyl (C=O) groups excluding carboxylic acids is 1. The highest BCUT2D eigenvalue weighted by molar-refractivity contribution is 6.29. The highest BCUT2D eigenvalue weighted by Crippen LogP contribution is 2.16. The lowest BCUT2D eigenvalue weighted by atomic mass is 10.2. The third-order valence-electron chi connectivity index (χ3n) is 2.56. The minimum absolute atomic E-state index is 0.161. The molecule has 7 nitrogen and oxygen atoms in total. The van der Waals surface area contributed by atoms with Crippen LogP contribution in [0.2, 0.25) is 5.15 Å². The second-order valence-corrected chi connectivity index (χ2v) is 5.97. The number of aromatic amines is 1. The molecule has 0 aliphatic rings. The molecule has 118 valence electrons. The molecule has 2 aromatic heterocycles. The molecule has 0 saturated heterocycles. The van der Waals surface area contributed by atoms with E-state index in [-0.39, 0.29) is 11.4 Å². The quantitative estimate of drug-likeness (QED) is 0.662. The maximum Gasteiger partial charge on any atom is 0.374 e. The van der Waals surface area contributed by atoms with E-state index >= 15 is 0 Å². The van der Waals surface area contributed by atoms with E-state index in [0.717, 1.165) is 5.56 Å². The lowest BCUT2D eigenvalue weighted by molar-refractivity contribution is 0.00679. The van der Waals surface area contributed by atoms with Crippen LogP contribution in [0.5, 0.6) is 0 Å². The van der Waals surface area contributed by atoms with Gasteiger partial charge in [0.25, 0.3) is 0 Å². The van der Waals surface area contributed by atoms with Crippen molar-refractivity contribution in [3.8, 4) is 0 Å². The smallest absolute Gasteiger partial charge is 0.374 e. The highest BCUT2D eigenvalue weighted by atomic mass is 35.5. The van der Waals surface area contributed by atoms with Gasteiger partial charge in [0.2, 0.25) is 0 Å². The molecule has 0 atom stereocenters. The van der Waals surface area contributed by atoms with Crippen molar-refractivity contribution >= 4 is 23.4 Å². The SMILES string of the molecule is CC(C)(C)OC(=O)c1c(NCc2ccc(Cl)nc2)[nH]oc1=O. The Hall–Kier alpha value is -2.28. The number of anilines is 1. The molecule has 2 aromatic rings. The molecule has 0 saturated carbocycles. The molecule has 8 heteroatoms. The minimum atomic E-state index is -0.786. The third kappa shape index (κ3) is 4.11. The van der Waals surface area contributed by atoms with Crippen molar-refractivity contribution in [2.75, 3.05) is 5.32 Å². The first-order valence-electron chi connectivity index (χ1n) is 6.55. The Labute approximate surface area is 131 Å². The van der Waals surface area contributed by atoms with Crippen LogP contribution >= 0.6 is 11.6 Å². The molecular weight excluding hydrogens is 310 g/mol. The van der Waals surface area contributed by atoms with Crippen LogP contribution in [0.25, 0.3) is 0 Å². The molecule has 0 fully saturated rings. The maximum absolute atomic E-state index is 12.0. The Balaban J connectivity index is 2.14. The Bertz CT molecular complexity index is 713. The fourth-order valence-electron chi connectivity index (χ4n) is 1.64. The number of halogens is 1. The molecule has 0 radical (unpaired) electrons. The third-order valence-corrected chi connectivity index (χ3v) is 2.78. The van der Waals surface area contributed by atoms with E-state index in [9.17, 15) is 9.59 Å². The molecule has 2 rings (SSSR count). The van der Waals surface area contributed by atoms with E-state index in [1.165, 1.54) is 0 Å². The summed E-state index contributed by atoms with van der Waals surface area (Å²) in [6.07, 6.45) is 1.58. The predicted molar refractivity (Wildman–Crippen MR) is 81.1 cm³/mol. The number of esters is 1. The first-order chi connectivity index (χ1) is 10.3. The second kappa shape index (κ2) is 6.23. The number of nitrogens with zero attached hydrogens (tertiary/aromatic N) is 1. The molecule has 0 amide bonds. The normalized spacial score (nSPS) is 11.3. The van der Waals surface area contributed by atoms with Crippen LogP contribution in [0, 0.1) is 0 Å². The van der Waals surface area contributed by atoms with Gasteiger partial charge < -0.3 is 14.6 Å². The van der Waals surface area contributed by atoms with Crippen molar-refractivity contribution in [1.82, 2.24) is 10.1 Å². The van der Waals surface area contributed by atoms with Gasteiger partial charge >= 0.3 is 11.6 Å². The summed E-state index contributed by atoms with van der Waals surface area (Å²) in [4.78, 5) is 27.6. The number of nitrogens with one attached hydrogen (secondary N) is 2. The largest absolute Gasteiger partial charge is 0.456 e. The monoisotopic (exact) mass is 325 g/mol. The van der Waals surface area contributed by atoms with Gasteiger partial charge in [-0.1, -0.05) is 17.7 Å². The van der Waals surface area contributed by atoms with Crippen LogP contribution < -0.4 is 10.9 Å². The standard InChI is InChI=1S/C14H16ClN3O4/c1-14(2,3)21-12(19)10-11(18-22-13(10)20)17-7-8-4-5-9(15)16-6-8/h4-6,17-18H,7H2,1-3H3. The zero-order valence-electron chi connectivity index (χ0n) is 12.4. The number of H-pyrrole nitrogens is 1. The van der Waals surface area contributed by atoms with Crippen LogP contribution in [0.15, 0.2) is 27.6 Å². The maximum atomic E-state index is 12.0. The van der Waals surface area contributed by atoms with Crippen molar-refractivity contribution in [2.45, 2.75) is 32.9 Å². The summed E-state index contributed by atoms with van der Waals surface area (Å²) in [5, 5.41) is 5.66. The fraction of sp³-hybridized carbons (Fsp3) is 0.357. The van der Waals surface area contributed by atoms with E-state index in [0.29, 0.717) is 11.7 Å². The molecule has 0 aromatic carbocycles. The molecule has 0 unspecified atom stereocenters. The van der Waals surface area contributed by atoms with Crippen molar-refractivity contribution in [3.63, 3.8) is 0 Å². The number of carbonyl (C=O) groups is 1. The molecule has 0 aliphatic heterocycles. The van der Waals surface area contributed by atoms with Crippen LogP contribution in [0.3, 0.4) is 0 Å². The van der Waals surface area contributed by atoms with Gasteiger partial charge in [-0.15, -0.1) is 0 Å². The minimum Gasteiger partial charge on any atom is -0.456 e. The van der Waals surface area contributed by atoms with E-state index in [4.69, 9.17) is 16.3 Å². The summed E-state index contributed by atoms with van der Waals surface area (Å²) in [6, 6.07) is 3.42. The number of ether oxygens (including phenoxy) is 1. The molecule has 22 heavy (non-hydrogen) atoms. The summed E-state index contributed by atoms with van der Waals surface area (Å²) in [7, 11) is 0. The van der Waals surface area contributed by atoms with E-state index in [1.807, 2.05) is 0 Å². The first kappa shape index (κ1) is 16.1. The van der Waals surface area contributed by atoms with Crippen molar-refractivity contribution in [1.29, 1.82) is 0 Å². The van der Waals surface area contributed by atoms with Gasteiger partial charge in [0.1, 0.15) is 10.8 Å². The van der Waals surface area contributed by atoms with Gasteiger partial charge in [0.15, 0.2) is 11.4 Å².